The summed E-state index contributed by atoms with van der Waals surface area (Å²) in [6.07, 6.45) is 0. The van der Waals surface area contributed by atoms with Gasteiger partial charge >= 0.3 is 10.3 Å². The van der Waals surface area contributed by atoms with Gasteiger partial charge in [0, 0.05) is 0 Å². The van der Waals surface area contributed by atoms with Crippen LogP contribution >= 0.6 is 24.8 Å². The van der Waals surface area contributed by atoms with E-state index in [9.17, 15) is 8.42 Å². The van der Waals surface area contributed by atoms with Crippen molar-refractivity contribution in [3.05, 3.63) is 0 Å². The van der Waals surface area contributed by atoms with E-state index in [1.54, 1.807) is 0 Å². The summed E-state index contributed by atoms with van der Waals surface area (Å²) >= 11 is 7.53. The molecule has 0 aliphatic heterocycles. The minimum Gasteiger partial charge on any atom is -0.269 e. The lowest BCUT2D eigenvalue weighted by Crippen LogP contribution is -2.24. The average Bonchev–Trinajstić information content (AvgIpc) is 1.21. The summed E-state index contributed by atoms with van der Waals surface area (Å²) < 4.78 is 28.6. The third-order valence-electron chi connectivity index (χ3n) is 0.216. The van der Waals surface area contributed by atoms with Gasteiger partial charge in [0.2, 0.25) is 0 Å². The summed E-state index contributed by atoms with van der Waals surface area (Å²) in [7, 11) is -4.19. The Kier molecular flexibility index (Phi) is 2.67. The third kappa shape index (κ3) is 6.15. The van der Waals surface area contributed by atoms with Crippen molar-refractivity contribution in [3.8, 4) is 0 Å². The Morgan fingerprint density at radius 1 is 1.75 bits per heavy atom. The highest BCUT2D eigenvalue weighted by Crippen LogP contribution is 1.80. The number of rotatable bonds is 1. The molecule has 48 valence electrons. The standard InChI is InChI=1S/CH3NO3S3/c3-8(4,5)2-1(6)7/h(H2,2,6,7)(H,3,4,5). The SMILES string of the molecule is O=S(=O)(O)NC(=S)S. The molecule has 0 aliphatic rings. The lowest BCUT2D eigenvalue weighted by Gasteiger charge is -1.93. The molecule has 0 radical (unpaired) electrons. The van der Waals surface area contributed by atoms with Gasteiger partial charge in [-0.2, -0.15) is 8.42 Å². The molecule has 0 aliphatic carbocycles. The monoisotopic (exact) mass is 173 g/mol. The predicted octanol–water partition coefficient (Wildman–Crippen LogP) is -0.406. The Morgan fingerprint density at radius 2 is 2.12 bits per heavy atom. The normalized spacial score (nSPS) is 10.8. The van der Waals surface area contributed by atoms with Crippen LogP contribution in [0.15, 0.2) is 0 Å². The van der Waals surface area contributed by atoms with Crippen molar-refractivity contribution in [3.63, 3.8) is 0 Å². The fraction of sp³-hybridized carbons (Fsp3) is 0. The minimum atomic E-state index is -4.19. The van der Waals surface area contributed by atoms with Crippen molar-refractivity contribution in [2.75, 3.05) is 0 Å². The second-order valence-electron chi connectivity index (χ2n) is 0.882. The number of nitrogens with one attached hydrogen (secondary N) is 1. The molecule has 0 amide bonds. The molecule has 2 N–H and O–H groups in total. The van der Waals surface area contributed by atoms with Gasteiger partial charge in [-0.3, -0.25) is 4.55 Å². The van der Waals surface area contributed by atoms with E-state index in [0.29, 0.717) is 0 Å². The molecule has 0 unspecified atom stereocenters. The Hall–Kier alpha value is 0.150. The fourth-order valence-corrected chi connectivity index (χ4v) is 0.993. The Morgan fingerprint density at radius 3 is 2.12 bits per heavy atom. The van der Waals surface area contributed by atoms with Crippen LogP contribution in [0.4, 0.5) is 0 Å². The number of thiocarbonyl (C=S) groups is 1. The first-order valence-corrected chi connectivity index (χ1v) is 3.69. The Bertz CT molecular complexity index is 181. The van der Waals surface area contributed by atoms with Gasteiger partial charge < -0.3 is 0 Å². The Labute approximate surface area is 57.6 Å². The molecule has 0 saturated carbocycles. The lowest BCUT2D eigenvalue weighted by molar-refractivity contribution is 0.479. The average molecular weight is 173 g/mol. The van der Waals surface area contributed by atoms with Crippen molar-refractivity contribution >= 4 is 39.5 Å². The highest BCUT2D eigenvalue weighted by Gasteiger charge is 2.00. The van der Waals surface area contributed by atoms with E-state index in [0.717, 1.165) is 0 Å². The first-order chi connectivity index (χ1) is 3.42. The highest BCUT2D eigenvalue weighted by atomic mass is 32.2. The molecule has 7 heteroatoms. The fourth-order valence-electron chi connectivity index (χ4n) is 0.110. The summed E-state index contributed by atoms with van der Waals surface area (Å²) in [4.78, 5) is 0. The van der Waals surface area contributed by atoms with Gasteiger partial charge in [0.15, 0.2) is 0 Å². The number of hydrogen-bond acceptors (Lipinski definition) is 3. The van der Waals surface area contributed by atoms with E-state index in [1.807, 2.05) is 0 Å². The largest absolute Gasteiger partial charge is 0.358 e. The molecule has 4 nitrogen and oxygen atoms in total. The van der Waals surface area contributed by atoms with Crippen molar-refractivity contribution in [2.24, 2.45) is 0 Å². The molecule has 8 heavy (non-hydrogen) atoms. The van der Waals surface area contributed by atoms with Gasteiger partial charge in [0.1, 0.15) is 4.32 Å². The van der Waals surface area contributed by atoms with Gasteiger partial charge in [0.25, 0.3) is 0 Å². The molecule has 0 saturated heterocycles. The zero-order valence-corrected chi connectivity index (χ0v) is 6.05. The second-order valence-corrected chi connectivity index (χ2v) is 3.19. The molecule has 0 rings (SSSR count). The third-order valence-corrected chi connectivity index (χ3v) is 1.17. The van der Waals surface area contributed by atoms with Crippen LogP contribution in [0.25, 0.3) is 0 Å². The van der Waals surface area contributed by atoms with Crippen molar-refractivity contribution in [1.29, 1.82) is 0 Å². The zero-order chi connectivity index (χ0) is 6.78. The van der Waals surface area contributed by atoms with E-state index in [-0.39, 0.29) is 4.32 Å². The molecule has 0 aromatic heterocycles. The van der Waals surface area contributed by atoms with Crippen LogP contribution in [0.3, 0.4) is 0 Å². The van der Waals surface area contributed by atoms with E-state index < -0.39 is 10.3 Å². The van der Waals surface area contributed by atoms with Gasteiger partial charge in [-0.1, -0.05) is 12.2 Å². The molecule has 0 heterocycles. The van der Waals surface area contributed by atoms with E-state index in [4.69, 9.17) is 4.55 Å². The summed E-state index contributed by atoms with van der Waals surface area (Å²) in [6, 6.07) is 0. The summed E-state index contributed by atoms with van der Waals surface area (Å²) in [5, 5.41) is 0. The van der Waals surface area contributed by atoms with Gasteiger partial charge in [-0.25, -0.2) is 4.72 Å². The van der Waals surface area contributed by atoms with Crippen LogP contribution in [-0.2, 0) is 10.3 Å². The van der Waals surface area contributed by atoms with Crippen LogP contribution < -0.4 is 4.72 Å². The smallest absolute Gasteiger partial charge is 0.269 e. The summed E-state index contributed by atoms with van der Waals surface area (Å²) in [5.74, 6) is 0. The minimum absolute atomic E-state index is 0.285. The zero-order valence-electron chi connectivity index (χ0n) is 3.53. The lowest BCUT2D eigenvalue weighted by atomic mass is 11.5. The topological polar surface area (TPSA) is 66.4 Å². The maximum atomic E-state index is 9.75. The number of hydrogen-bond donors (Lipinski definition) is 3. The first-order valence-electron chi connectivity index (χ1n) is 1.40. The molecule has 0 fully saturated rings. The first kappa shape index (κ1) is 8.15. The van der Waals surface area contributed by atoms with Crippen LogP contribution in [0.1, 0.15) is 0 Å². The molecular formula is CH3NO3S3. The Balaban J connectivity index is 3.95. The maximum absolute atomic E-state index is 9.75. The predicted molar refractivity (Wildman–Crippen MR) is 36.3 cm³/mol. The van der Waals surface area contributed by atoms with E-state index in [2.05, 4.69) is 24.8 Å². The summed E-state index contributed by atoms with van der Waals surface area (Å²) in [5.41, 5.74) is 0. The quantitative estimate of drug-likeness (QED) is 0.286. The molecule has 0 spiro atoms. The maximum Gasteiger partial charge on any atom is 0.358 e. The van der Waals surface area contributed by atoms with Crippen LogP contribution in [0, 0.1) is 0 Å². The van der Waals surface area contributed by atoms with E-state index >= 15 is 0 Å². The van der Waals surface area contributed by atoms with Crippen molar-refractivity contribution in [2.45, 2.75) is 0 Å². The molecule has 0 aromatic carbocycles. The van der Waals surface area contributed by atoms with Crippen molar-refractivity contribution in [1.82, 2.24) is 4.72 Å². The molecule has 0 atom stereocenters. The van der Waals surface area contributed by atoms with Gasteiger partial charge in [-0.05, 0) is 0 Å². The molecule has 0 aromatic rings. The second kappa shape index (κ2) is 2.62. The van der Waals surface area contributed by atoms with Crippen LogP contribution in [0.2, 0.25) is 0 Å². The molecular weight excluding hydrogens is 170 g/mol. The van der Waals surface area contributed by atoms with Gasteiger partial charge in [0.05, 0.1) is 0 Å². The van der Waals surface area contributed by atoms with Crippen LogP contribution in [-0.4, -0.2) is 17.3 Å². The summed E-state index contributed by atoms with van der Waals surface area (Å²) in [6.45, 7) is 0. The number of thiol groups is 1. The highest BCUT2D eigenvalue weighted by molar-refractivity contribution is 8.12. The van der Waals surface area contributed by atoms with E-state index in [1.165, 1.54) is 4.72 Å². The van der Waals surface area contributed by atoms with Crippen LogP contribution in [0.5, 0.6) is 0 Å². The van der Waals surface area contributed by atoms with Gasteiger partial charge in [-0.15, -0.1) is 12.6 Å². The molecule has 0 bridgehead atoms. The van der Waals surface area contributed by atoms with Crippen molar-refractivity contribution < 1.29 is 13.0 Å².